The van der Waals surface area contributed by atoms with Gasteiger partial charge in [0.1, 0.15) is 11.6 Å². The van der Waals surface area contributed by atoms with Gasteiger partial charge in [-0.1, -0.05) is 22.0 Å². The zero-order valence-corrected chi connectivity index (χ0v) is 11.2. The summed E-state index contributed by atoms with van der Waals surface area (Å²) < 4.78 is 20.4. The van der Waals surface area contributed by atoms with Crippen molar-refractivity contribution in [1.82, 2.24) is 9.78 Å². The Hall–Kier alpha value is -1.36. The molecule has 0 saturated carbocycles. The van der Waals surface area contributed by atoms with Crippen molar-refractivity contribution in [1.29, 1.82) is 0 Å². The number of alkyl halides is 1. The highest BCUT2D eigenvalue weighted by Crippen LogP contribution is 2.28. The van der Waals surface area contributed by atoms with Gasteiger partial charge in [0.15, 0.2) is 0 Å². The van der Waals surface area contributed by atoms with E-state index in [0.717, 1.165) is 11.3 Å². The van der Waals surface area contributed by atoms with Crippen molar-refractivity contribution in [3.8, 4) is 11.6 Å². The van der Waals surface area contributed by atoms with E-state index in [9.17, 15) is 4.39 Å². The average molecular weight is 299 g/mol. The third-order valence-corrected chi connectivity index (χ3v) is 2.99. The zero-order valence-electron chi connectivity index (χ0n) is 9.58. The Labute approximate surface area is 107 Å². The van der Waals surface area contributed by atoms with Crippen LogP contribution in [-0.4, -0.2) is 9.78 Å². The molecule has 0 atom stereocenters. The molecule has 0 radical (unpaired) electrons. The van der Waals surface area contributed by atoms with Crippen LogP contribution in [0.4, 0.5) is 4.39 Å². The predicted octanol–water partition coefficient (Wildman–Crippen LogP) is 3.55. The van der Waals surface area contributed by atoms with Gasteiger partial charge in [0.2, 0.25) is 5.88 Å². The van der Waals surface area contributed by atoms with E-state index in [-0.39, 0.29) is 5.82 Å². The molecule has 2 rings (SSSR count). The summed E-state index contributed by atoms with van der Waals surface area (Å²) in [5, 5.41) is 4.92. The van der Waals surface area contributed by atoms with E-state index in [2.05, 4.69) is 21.0 Å². The van der Waals surface area contributed by atoms with E-state index in [1.165, 1.54) is 12.1 Å². The fraction of sp³-hybridized carbons (Fsp3) is 0.250. The highest BCUT2D eigenvalue weighted by atomic mass is 79.9. The summed E-state index contributed by atoms with van der Waals surface area (Å²) in [4.78, 5) is 0. The van der Waals surface area contributed by atoms with Gasteiger partial charge in [0.25, 0.3) is 0 Å². The molecule has 2 aromatic rings. The van der Waals surface area contributed by atoms with Crippen molar-refractivity contribution >= 4 is 15.9 Å². The molecule has 1 heterocycles. The predicted molar refractivity (Wildman–Crippen MR) is 67.1 cm³/mol. The number of aromatic nitrogens is 2. The van der Waals surface area contributed by atoms with Crippen molar-refractivity contribution in [3.63, 3.8) is 0 Å². The molecule has 0 saturated heterocycles. The van der Waals surface area contributed by atoms with Gasteiger partial charge in [-0.15, -0.1) is 0 Å². The second-order valence-electron chi connectivity index (χ2n) is 3.69. The molecule has 0 aliphatic rings. The molecule has 0 amide bonds. The fourth-order valence-electron chi connectivity index (χ4n) is 1.60. The van der Waals surface area contributed by atoms with E-state index in [0.29, 0.717) is 17.0 Å². The maximum atomic E-state index is 13.0. The van der Waals surface area contributed by atoms with E-state index >= 15 is 0 Å². The maximum Gasteiger partial charge on any atom is 0.221 e. The quantitative estimate of drug-likeness (QED) is 0.810. The second kappa shape index (κ2) is 4.87. The number of aryl methyl sites for hydroxylation is 2. The van der Waals surface area contributed by atoms with Gasteiger partial charge in [-0.2, -0.15) is 5.10 Å². The highest BCUT2D eigenvalue weighted by molar-refractivity contribution is 9.08. The summed E-state index contributed by atoms with van der Waals surface area (Å²) >= 11 is 3.39. The number of halogens is 2. The van der Waals surface area contributed by atoms with Crippen molar-refractivity contribution < 1.29 is 9.13 Å². The molecule has 0 bridgehead atoms. The molecule has 0 aliphatic heterocycles. The van der Waals surface area contributed by atoms with Gasteiger partial charge >= 0.3 is 0 Å². The number of hydrogen-bond acceptors (Lipinski definition) is 2. The standard InChI is InChI=1S/C12H12BrFN2O/c1-8-11(7-13)12(16(2)15-8)17-10-5-3-4-9(14)6-10/h3-6H,7H2,1-2H3. The van der Waals surface area contributed by atoms with Crippen LogP contribution in [0.3, 0.4) is 0 Å². The van der Waals surface area contributed by atoms with Gasteiger partial charge in [0, 0.05) is 24.0 Å². The van der Waals surface area contributed by atoms with Crippen LogP contribution in [0.25, 0.3) is 0 Å². The van der Waals surface area contributed by atoms with Crippen LogP contribution in [0, 0.1) is 12.7 Å². The van der Waals surface area contributed by atoms with Crippen LogP contribution in [0.1, 0.15) is 11.3 Å². The third kappa shape index (κ3) is 2.49. The van der Waals surface area contributed by atoms with Crippen molar-refractivity contribution in [2.24, 2.45) is 7.05 Å². The molecule has 0 N–H and O–H groups in total. The van der Waals surface area contributed by atoms with Crippen LogP contribution in [0.2, 0.25) is 0 Å². The molecule has 1 aromatic heterocycles. The lowest BCUT2D eigenvalue weighted by Crippen LogP contribution is -1.96. The lowest BCUT2D eigenvalue weighted by atomic mass is 10.3. The normalized spacial score (nSPS) is 10.6. The average Bonchev–Trinajstić information content (AvgIpc) is 2.53. The van der Waals surface area contributed by atoms with E-state index < -0.39 is 0 Å². The lowest BCUT2D eigenvalue weighted by molar-refractivity contribution is 0.424. The van der Waals surface area contributed by atoms with Crippen molar-refractivity contribution in [2.75, 3.05) is 0 Å². The Bertz CT molecular complexity index is 539. The summed E-state index contributed by atoms with van der Waals surface area (Å²) in [6, 6.07) is 6.05. The Morgan fingerprint density at radius 2 is 2.24 bits per heavy atom. The van der Waals surface area contributed by atoms with E-state index in [4.69, 9.17) is 4.74 Å². The largest absolute Gasteiger partial charge is 0.439 e. The van der Waals surface area contributed by atoms with Crippen molar-refractivity contribution in [2.45, 2.75) is 12.3 Å². The topological polar surface area (TPSA) is 27.1 Å². The minimum atomic E-state index is -0.318. The molecular formula is C12H12BrFN2O. The molecule has 17 heavy (non-hydrogen) atoms. The molecule has 0 aliphatic carbocycles. The molecule has 0 unspecified atom stereocenters. The highest BCUT2D eigenvalue weighted by Gasteiger charge is 2.14. The minimum Gasteiger partial charge on any atom is -0.439 e. The van der Waals surface area contributed by atoms with Crippen LogP contribution < -0.4 is 4.74 Å². The Balaban J connectivity index is 2.36. The van der Waals surface area contributed by atoms with Gasteiger partial charge in [-0.05, 0) is 19.1 Å². The third-order valence-electron chi connectivity index (χ3n) is 2.43. The SMILES string of the molecule is Cc1nn(C)c(Oc2cccc(F)c2)c1CBr. The second-order valence-corrected chi connectivity index (χ2v) is 4.25. The van der Waals surface area contributed by atoms with Gasteiger partial charge < -0.3 is 4.74 Å². The minimum absolute atomic E-state index is 0.318. The Kier molecular flexibility index (Phi) is 3.47. The van der Waals surface area contributed by atoms with Crippen molar-refractivity contribution in [3.05, 3.63) is 41.3 Å². The summed E-state index contributed by atoms with van der Waals surface area (Å²) in [5.74, 6) is 0.780. The maximum absolute atomic E-state index is 13.0. The number of benzene rings is 1. The smallest absolute Gasteiger partial charge is 0.221 e. The molecule has 1 aromatic carbocycles. The van der Waals surface area contributed by atoms with Crippen LogP contribution in [-0.2, 0) is 12.4 Å². The van der Waals surface area contributed by atoms with Crippen LogP contribution in [0.5, 0.6) is 11.6 Å². The summed E-state index contributed by atoms with van der Waals surface area (Å²) in [7, 11) is 1.80. The summed E-state index contributed by atoms with van der Waals surface area (Å²) in [6.07, 6.45) is 0. The number of rotatable bonds is 3. The number of hydrogen-bond donors (Lipinski definition) is 0. The molecule has 5 heteroatoms. The number of ether oxygens (including phenoxy) is 1. The van der Waals surface area contributed by atoms with Crippen LogP contribution in [0.15, 0.2) is 24.3 Å². The number of nitrogens with zero attached hydrogens (tertiary/aromatic N) is 2. The molecule has 0 fully saturated rings. The molecular weight excluding hydrogens is 287 g/mol. The van der Waals surface area contributed by atoms with Gasteiger partial charge in [-0.3, -0.25) is 0 Å². The first-order valence-corrected chi connectivity index (χ1v) is 6.26. The van der Waals surface area contributed by atoms with Crippen LogP contribution >= 0.6 is 15.9 Å². The zero-order chi connectivity index (χ0) is 12.4. The van der Waals surface area contributed by atoms with Gasteiger partial charge in [0.05, 0.1) is 5.69 Å². The van der Waals surface area contributed by atoms with E-state index in [1.54, 1.807) is 23.9 Å². The lowest BCUT2D eigenvalue weighted by Gasteiger charge is -2.07. The summed E-state index contributed by atoms with van der Waals surface area (Å²) in [6.45, 7) is 1.91. The first-order chi connectivity index (χ1) is 8.11. The Morgan fingerprint density at radius 1 is 1.47 bits per heavy atom. The van der Waals surface area contributed by atoms with E-state index in [1.807, 2.05) is 6.92 Å². The first kappa shape index (κ1) is 12.1. The first-order valence-electron chi connectivity index (χ1n) is 5.13. The monoisotopic (exact) mass is 298 g/mol. The summed E-state index contributed by atoms with van der Waals surface area (Å²) in [5.41, 5.74) is 1.87. The molecule has 0 spiro atoms. The fourth-order valence-corrected chi connectivity index (χ4v) is 2.25. The molecule has 3 nitrogen and oxygen atoms in total. The Morgan fingerprint density at radius 3 is 2.88 bits per heavy atom. The van der Waals surface area contributed by atoms with Gasteiger partial charge in [-0.25, -0.2) is 9.07 Å². The molecule has 90 valence electrons.